The minimum absolute atomic E-state index is 0.243. The molecule has 1 N–H and O–H groups in total. The summed E-state index contributed by atoms with van der Waals surface area (Å²) in [6.07, 6.45) is -1.92. The molecule has 1 unspecified atom stereocenters. The number of rotatable bonds is 2. The van der Waals surface area contributed by atoms with Crippen molar-refractivity contribution in [1.82, 2.24) is 0 Å². The summed E-state index contributed by atoms with van der Waals surface area (Å²) in [5.41, 5.74) is 1.85. The fraction of sp³-hybridized carbons (Fsp3) is 0.300. The molecular weight excluding hydrogens is 171 g/mol. The van der Waals surface area contributed by atoms with Crippen LogP contribution in [0, 0.1) is 13.8 Å². The molecule has 0 bridgehead atoms. The number of carbonyl (C=O) groups is 1. The molecule has 1 rings (SSSR count). The molecule has 0 aromatic heterocycles. The van der Waals surface area contributed by atoms with Crippen LogP contribution in [-0.2, 0) is 4.79 Å². The molecular formula is C10H11FO2. The predicted molar refractivity (Wildman–Crippen MR) is 47.4 cm³/mol. The first-order valence-corrected chi connectivity index (χ1v) is 3.97. The third-order valence-electron chi connectivity index (χ3n) is 2.14. The molecule has 0 amide bonds. The van der Waals surface area contributed by atoms with Crippen LogP contribution in [0.3, 0.4) is 0 Å². The Morgan fingerprint density at radius 3 is 2.62 bits per heavy atom. The number of aryl methyl sites for hydroxylation is 1. The van der Waals surface area contributed by atoms with Gasteiger partial charge in [-0.05, 0) is 25.0 Å². The van der Waals surface area contributed by atoms with Gasteiger partial charge >= 0.3 is 5.97 Å². The van der Waals surface area contributed by atoms with Crippen LogP contribution in [0.1, 0.15) is 22.9 Å². The average molecular weight is 182 g/mol. The molecule has 0 spiro atoms. The number of carboxylic acids is 1. The van der Waals surface area contributed by atoms with Gasteiger partial charge in [0.2, 0.25) is 6.17 Å². The number of aliphatic carboxylic acids is 1. The van der Waals surface area contributed by atoms with E-state index < -0.39 is 12.1 Å². The first-order valence-electron chi connectivity index (χ1n) is 3.97. The van der Waals surface area contributed by atoms with E-state index in [9.17, 15) is 9.18 Å². The van der Waals surface area contributed by atoms with E-state index >= 15 is 0 Å². The van der Waals surface area contributed by atoms with Gasteiger partial charge in [0, 0.05) is 5.56 Å². The summed E-state index contributed by atoms with van der Waals surface area (Å²) in [5.74, 6) is -1.44. The molecule has 0 aliphatic rings. The SMILES string of the molecule is Cc1cccc(C(F)C(=O)O)c1C. The van der Waals surface area contributed by atoms with Crippen molar-refractivity contribution >= 4 is 5.97 Å². The van der Waals surface area contributed by atoms with Gasteiger partial charge in [-0.15, -0.1) is 0 Å². The first kappa shape index (κ1) is 9.71. The molecule has 0 saturated carbocycles. The Bertz CT molecular complexity index is 334. The van der Waals surface area contributed by atoms with Gasteiger partial charge in [-0.2, -0.15) is 0 Å². The summed E-state index contributed by atoms with van der Waals surface area (Å²) in [5, 5.41) is 8.48. The standard InChI is InChI=1S/C10H11FO2/c1-6-4-3-5-8(7(6)2)9(11)10(12)13/h3-5,9H,1-2H3,(H,12,13). The molecule has 1 aromatic carbocycles. The number of benzene rings is 1. The highest BCUT2D eigenvalue weighted by atomic mass is 19.1. The van der Waals surface area contributed by atoms with Crippen LogP contribution >= 0.6 is 0 Å². The molecule has 0 saturated heterocycles. The van der Waals surface area contributed by atoms with Crippen LogP contribution in [0.4, 0.5) is 4.39 Å². The smallest absolute Gasteiger partial charge is 0.343 e. The lowest BCUT2D eigenvalue weighted by atomic mass is 10.0. The van der Waals surface area contributed by atoms with Crippen LogP contribution in [-0.4, -0.2) is 11.1 Å². The zero-order chi connectivity index (χ0) is 10.0. The molecule has 0 aliphatic heterocycles. The number of halogens is 1. The van der Waals surface area contributed by atoms with E-state index in [0.29, 0.717) is 5.56 Å². The molecule has 1 atom stereocenters. The van der Waals surface area contributed by atoms with E-state index in [1.165, 1.54) is 6.07 Å². The number of carboxylic acid groups (broad SMARTS) is 1. The van der Waals surface area contributed by atoms with Crippen molar-refractivity contribution in [2.45, 2.75) is 20.0 Å². The predicted octanol–water partition coefficient (Wildman–Crippen LogP) is 2.40. The van der Waals surface area contributed by atoms with Crippen molar-refractivity contribution in [1.29, 1.82) is 0 Å². The average Bonchev–Trinajstić information content (AvgIpc) is 2.08. The molecule has 13 heavy (non-hydrogen) atoms. The minimum atomic E-state index is -1.92. The van der Waals surface area contributed by atoms with E-state index in [1.807, 2.05) is 13.0 Å². The van der Waals surface area contributed by atoms with Gasteiger partial charge in [0.05, 0.1) is 0 Å². The molecule has 70 valence electrons. The second-order valence-corrected chi connectivity index (χ2v) is 2.99. The maximum absolute atomic E-state index is 13.1. The summed E-state index contributed by atoms with van der Waals surface area (Å²) in [6, 6.07) is 4.99. The highest BCUT2D eigenvalue weighted by molar-refractivity contribution is 5.74. The molecule has 1 aromatic rings. The number of hydrogen-bond acceptors (Lipinski definition) is 1. The Labute approximate surface area is 76.0 Å². The van der Waals surface area contributed by atoms with Crippen LogP contribution in [0.5, 0.6) is 0 Å². The zero-order valence-corrected chi connectivity index (χ0v) is 7.54. The molecule has 3 heteroatoms. The van der Waals surface area contributed by atoms with Gasteiger partial charge in [-0.1, -0.05) is 18.2 Å². The molecule has 2 nitrogen and oxygen atoms in total. The van der Waals surface area contributed by atoms with Crippen molar-refractivity contribution in [3.63, 3.8) is 0 Å². The van der Waals surface area contributed by atoms with Crippen molar-refractivity contribution in [2.75, 3.05) is 0 Å². The third kappa shape index (κ3) is 1.86. The first-order chi connectivity index (χ1) is 6.04. The van der Waals surface area contributed by atoms with E-state index in [1.54, 1.807) is 13.0 Å². The van der Waals surface area contributed by atoms with Gasteiger partial charge < -0.3 is 5.11 Å². The Balaban J connectivity index is 3.15. The maximum Gasteiger partial charge on any atom is 0.343 e. The van der Waals surface area contributed by atoms with E-state index in [2.05, 4.69) is 0 Å². The Hall–Kier alpha value is -1.38. The van der Waals surface area contributed by atoms with Crippen LogP contribution in [0.2, 0.25) is 0 Å². The lowest BCUT2D eigenvalue weighted by Gasteiger charge is -2.09. The van der Waals surface area contributed by atoms with E-state index in [-0.39, 0.29) is 5.56 Å². The van der Waals surface area contributed by atoms with Crippen LogP contribution in [0.15, 0.2) is 18.2 Å². The second-order valence-electron chi connectivity index (χ2n) is 2.99. The summed E-state index contributed by atoms with van der Waals surface area (Å²) < 4.78 is 13.1. The summed E-state index contributed by atoms with van der Waals surface area (Å²) >= 11 is 0. The van der Waals surface area contributed by atoms with Crippen molar-refractivity contribution in [2.24, 2.45) is 0 Å². The van der Waals surface area contributed by atoms with Gasteiger partial charge in [0.15, 0.2) is 0 Å². The third-order valence-corrected chi connectivity index (χ3v) is 2.14. The van der Waals surface area contributed by atoms with Crippen molar-refractivity contribution in [3.05, 3.63) is 34.9 Å². The van der Waals surface area contributed by atoms with Gasteiger partial charge in [-0.3, -0.25) is 0 Å². The fourth-order valence-corrected chi connectivity index (χ4v) is 1.18. The summed E-state index contributed by atoms with van der Waals surface area (Å²) in [4.78, 5) is 10.4. The topological polar surface area (TPSA) is 37.3 Å². The van der Waals surface area contributed by atoms with Gasteiger partial charge in [0.1, 0.15) is 0 Å². The van der Waals surface area contributed by atoms with Crippen LogP contribution in [0.25, 0.3) is 0 Å². The molecule has 0 fully saturated rings. The maximum atomic E-state index is 13.1. The van der Waals surface area contributed by atoms with Gasteiger partial charge in [-0.25, -0.2) is 9.18 Å². The van der Waals surface area contributed by atoms with Gasteiger partial charge in [0.25, 0.3) is 0 Å². The molecule has 0 aliphatic carbocycles. The zero-order valence-electron chi connectivity index (χ0n) is 7.54. The highest BCUT2D eigenvalue weighted by Gasteiger charge is 2.20. The fourth-order valence-electron chi connectivity index (χ4n) is 1.18. The van der Waals surface area contributed by atoms with Crippen molar-refractivity contribution in [3.8, 4) is 0 Å². The quantitative estimate of drug-likeness (QED) is 0.762. The Kier molecular flexibility index (Phi) is 2.66. The Morgan fingerprint density at radius 2 is 2.08 bits per heavy atom. The van der Waals surface area contributed by atoms with E-state index in [0.717, 1.165) is 5.56 Å². The monoisotopic (exact) mass is 182 g/mol. The number of hydrogen-bond donors (Lipinski definition) is 1. The molecule has 0 radical (unpaired) electrons. The Morgan fingerprint density at radius 1 is 1.46 bits per heavy atom. The normalized spacial score (nSPS) is 12.5. The minimum Gasteiger partial charge on any atom is -0.479 e. The summed E-state index contributed by atoms with van der Waals surface area (Å²) in [6.45, 7) is 3.55. The van der Waals surface area contributed by atoms with Crippen LogP contribution < -0.4 is 0 Å². The second kappa shape index (κ2) is 3.56. The number of alkyl halides is 1. The highest BCUT2D eigenvalue weighted by Crippen LogP contribution is 2.23. The largest absolute Gasteiger partial charge is 0.479 e. The molecule has 0 heterocycles. The lowest BCUT2D eigenvalue weighted by Crippen LogP contribution is -2.08. The van der Waals surface area contributed by atoms with Crippen molar-refractivity contribution < 1.29 is 14.3 Å². The lowest BCUT2D eigenvalue weighted by molar-refractivity contribution is -0.143. The van der Waals surface area contributed by atoms with E-state index in [4.69, 9.17) is 5.11 Å². The summed E-state index contributed by atoms with van der Waals surface area (Å²) in [7, 11) is 0.